The first-order valence-electron chi connectivity index (χ1n) is 9.09. The van der Waals surface area contributed by atoms with Crippen molar-refractivity contribution in [1.29, 1.82) is 0 Å². The van der Waals surface area contributed by atoms with Crippen LogP contribution in [-0.4, -0.2) is 56.2 Å². The van der Waals surface area contributed by atoms with Gasteiger partial charge in [0.2, 0.25) is 0 Å². The number of aliphatic imine (C=N–C) groups is 1. The Labute approximate surface area is 160 Å². The molecule has 1 aromatic carbocycles. The van der Waals surface area contributed by atoms with Crippen molar-refractivity contribution in [2.75, 3.05) is 34.2 Å². The summed E-state index contributed by atoms with van der Waals surface area (Å²) in [5.41, 5.74) is 3.89. The Kier molecular flexibility index (Phi) is 7.40. The lowest BCUT2D eigenvalue weighted by molar-refractivity contribution is 0.0827. The van der Waals surface area contributed by atoms with E-state index in [1.165, 1.54) is 0 Å². The number of guanidine groups is 1. The Hall–Kier alpha value is -2.83. The average molecular weight is 371 g/mol. The molecule has 0 saturated carbocycles. The summed E-state index contributed by atoms with van der Waals surface area (Å²) < 4.78 is 5.18. The quantitative estimate of drug-likeness (QED) is 0.574. The van der Waals surface area contributed by atoms with E-state index in [-0.39, 0.29) is 5.91 Å². The molecular weight excluding hydrogens is 342 g/mol. The smallest absolute Gasteiger partial charge is 0.253 e. The molecule has 0 aliphatic carbocycles. The molecule has 7 heteroatoms. The molecule has 2 aromatic rings. The van der Waals surface area contributed by atoms with Crippen molar-refractivity contribution < 1.29 is 9.32 Å². The third-order valence-electron chi connectivity index (χ3n) is 4.36. The van der Waals surface area contributed by atoms with Crippen molar-refractivity contribution in [3.8, 4) is 0 Å². The number of amides is 1. The first kappa shape index (κ1) is 20.5. The number of carbonyl (C=O) groups excluding carboxylic acids is 1. The second-order valence-electron chi connectivity index (χ2n) is 6.63. The van der Waals surface area contributed by atoms with Crippen molar-refractivity contribution in [2.45, 2.75) is 26.7 Å². The van der Waals surface area contributed by atoms with Crippen LogP contribution in [0.25, 0.3) is 0 Å². The second-order valence-corrected chi connectivity index (χ2v) is 6.63. The summed E-state index contributed by atoms with van der Waals surface area (Å²) in [6.45, 7) is 5.35. The van der Waals surface area contributed by atoms with Crippen LogP contribution in [0.1, 0.15) is 32.9 Å². The molecule has 146 valence electrons. The third kappa shape index (κ3) is 5.84. The van der Waals surface area contributed by atoms with Gasteiger partial charge in [-0.1, -0.05) is 17.3 Å². The van der Waals surface area contributed by atoms with Crippen LogP contribution in [0.2, 0.25) is 0 Å². The molecule has 7 nitrogen and oxygen atoms in total. The number of nitrogens with one attached hydrogen (secondary N) is 2. The highest BCUT2D eigenvalue weighted by atomic mass is 16.5. The first-order valence-corrected chi connectivity index (χ1v) is 9.09. The lowest BCUT2D eigenvalue weighted by Crippen LogP contribution is -2.39. The topological polar surface area (TPSA) is 82.8 Å². The SMILES string of the molecule is CN=C(NCCc1cccc(C(=O)N(C)C)c1)NCCc1c(C)noc1C. The summed E-state index contributed by atoms with van der Waals surface area (Å²) in [6.07, 6.45) is 1.63. The van der Waals surface area contributed by atoms with Gasteiger partial charge in [0.15, 0.2) is 5.96 Å². The Morgan fingerprint density at radius 3 is 2.48 bits per heavy atom. The normalized spacial score (nSPS) is 11.4. The summed E-state index contributed by atoms with van der Waals surface area (Å²) in [5.74, 6) is 1.63. The Balaban J connectivity index is 1.79. The molecule has 1 aromatic heterocycles. The molecule has 27 heavy (non-hydrogen) atoms. The molecule has 0 bridgehead atoms. The molecule has 2 rings (SSSR count). The molecule has 0 radical (unpaired) electrons. The summed E-state index contributed by atoms with van der Waals surface area (Å²) in [6, 6.07) is 7.73. The van der Waals surface area contributed by atoms with Gasteiger partial charge in [-0.25, -0.2) is 0 Å². The van der Waals surface area contributed by atoms with Crippen molar-refractivity contribution >= 4 is 11.9 Å². The monoisotopic (exact) mass is 371 g/mol. The summed E-state index contributed by atoms with van der Waals surface area (Å²) in [4.78, 5) is 17.9. The van der Waals surface area contributed by atoms with Gasteiger partial charge in [0.05, 0.1) is 5.69 Å². The number of hydrogen-bond acceptors (Lipinski definition) is 4. The number of aryl methyl sites for hydroxylation is 2. The van der Waals surface area contributed by atoms with Gasteiger partial charge in [0.1, 0.15) is 5.76 Å². The summed E-state index contributed by atoms with van der Waals surface area (Å²) >= 11 is 0. The van der Waals surface area contributed by atoms with Crippen molar-refractivity contribution in [1.82, 2.24) is 20.7 Å². The van der Waals surface area contributed by atoms with Crippen molar-refractivity contribution in [2.24, 2.45) is 4.99 Å². The molecule has 0 atom stereocenters. The molecule has 2 N–H and O–H groups in total. The second kappa shape index (κ2) is 9.75. The van der Waals surface area contributed by atoms with E-state index >= 15 is 0 Å². The Morgan fingerprint density at radius 1 is 1.19 bits per heavy atom. The first-order chi connectivity index (χ1) is 12.9. The van der Waals surface area contributed by atoms with Crippen LogP contribution in [0, 0.1) is 13.8 Å². The third-order valence-corrected chi connectivity index (χ3v) is 4.36. The number of hydrogen-bond donors (Lipinski definition) is 2. The van der Waals surface area contributed by atoms with E-state index in [4.69, 9.17) is 4.52 Å². The highest BCUT2D eigenvalue weighted by molar-refractivity contribution is 5.94. The fraction of sp³-hybridized carbons (Fsp3) is 0.450. The number of carbonyl (C=O) groups is 1. The standard InChI is InChI=1S/C20H29N5O2/c1-14-18(15(2)27-24-14)10-12-23-20(21-3)22-11-9-16-7-6-8-17(13-16)19(26)25(4)5/h6-8,13H,9-12H2,1-5H3,(H2,21,22,23). The van der Waals surface area contributed by atoms with Crippen LogP contribution in [0.15, 0.2) is 33.8 Å². The van der Waals surface area contributed by atoms with Crippen LogP contribution in [-0.2, 0) is 12.8 Å². The number of benzene rings is 1. The van der Waals surface area contributed by atoms with E-state index in [1.807, 2.05) is 38.1 Å². The predicted molar refractivity (Wildman–Crippen MR) is 107 cm³/mol. The molecular formula is C20H29N5O2. The van der Waals surface area contributed by atoms with E-state index in [0.29, 0.717) is 5.56 Å². The number of nitrogens with zero attached hydrogens (tertiary/aromatic N) is 3. The van der Waals surface area contributed by atoms with Crippen LogP contribution < -0.4 is 10.6 Å². The zero-order valence-electron chi connectivity index (χ0n) is 16.8. The lowest BCUT2D eigenvalue weighted by Gasteiger charge is -2.13. The molecule has 0 spiro atoms. The minimum absolute atomic E-state index is 0.0154. The van der Waals surface area contributed by atoms with Crippen molar-refractivity contribution in [3.05, 3.63) is 52.4 Å². The van der Waals surface area contributed by atoms with E-state index in [1.54, 1.807) is 26.0 Å². The van der Waals surface area contributed by atoms with Gasteiger partial charge in [0, 0.05) is 45.4 Å². The summed E-state index contributed by atoms with van der Waals surface area (Å²) in [7, 11) is 5.27. The maximum Gasteiger partial charge on any atom is 0.253 e. The minimum atomic E-state index is 0.0154. The molecule has 0 unspecified atom stereocenters. The summed E-state index contributed by atoms with van der Waals surface area (Å²) in [5, 5.41) is 10.6. The molecule has 0 aliphatic rings. The van der Waals surface area contributed by atoms with Gasteiger partial charge in [-0.2, -0.15) is 0 Å². The average Bonchev–Trinajstić information content (AvgIpc) is 2.98. The van der Waals surface area contributed by atoms with Gasteiger partial charge in [-0.05, 0) is 44.4 Å². The zero-order chi connectivity index (χ0) is 19.8. The predicted octanol–water partition coefficient (Wildman–Crippen LogP) is 1.94. The highest BCUT2D eigenvalue weighted by Crippen LogP contribution is 2.12. The van der Waals surface area contributed by atoms with Gasteiger partial charge in [-0.15, -0.1) is 0 Å². The Bertz CT molecular complexity index is 776. The minimum Gasteiger partial charge on any atom is -0.361 e. The van der Waals surface area contributed by atoms with Gasteiger partial charge < -0.3 is 20.1 Å². The lowest BCUT2D eigenvalue weighted by atomic mass is 10.1. The largest absolute Gasteiger partial charge is 0.361 e. The Morgan fingerprint density at radius 2 is 1.89 bits per heavy atom. The number of aromatic nitrogens is 1. The van der Waals surface area contributed by atoms with E-state index in [9.17, 15) is 4.79 Å². The van der Waals surface area contributed by atoms with E-state index in [0.717, 1.165) is 54.5 Å². The maximum absolute atomic E-state index is 12.1. The fourth-order valence-corrected chi connectivity index (χ4v) is 2.83. The van der Waals surface area contributed by atoms with Crippen LogP contribution in [0.4, 0.5) is 0 Å². The molecule has 1 amide bonds. The van der Waals surface area contributed by atoms with Crippen LogP contribution in [0.3, 0.4) is 0 Å². The van der Waals surface area contributed by atoms with Crippen LogP contribution in [0.5, 0.6) is 0 Å². The molecule has 1 heterocycles. The molecule has 0 aliphatic heterocycles. The van der Waals surface area contributed by atoms with Gasteiger partial charge in [-0.3, -0.25) is 9.79 Å². The maximum atomic E-state index is 12.1. The van der Waals surface area contributed by atoms with Gasteiger partial charge in [0.25, 0.3) is 5.91 Å². The van der Waals surface area contributed by atoms with Crippen molar-refractivity contribution in [3.63, 3.8) is 0 Å². The molecule has 0 fully saturated rings. The van der Waals surface area contributed by atoms with Gasteiger partial charge >= 0.3 is 0 Å². The van der Waals surface area contributed by atoms with Crippen LogP contribution >= 0.6 is 0 Å². The molecule has 0 saturated heterocycles. The van der Waals surface area contributed by atoms with E-state index in [2.05, 4.69) is 20.8 Å². The highest BCUT2D eigenvalue weighted by Gasteiger charge is 2.09. The number of rotatable bonds is 7. The fourth-order valence-electron chi connectivity index (χ4n) is 2.83. The zero-order valence-corrected chi connectivity index (χ0v) is 16.8. The van der Waals surface area contributed by atoms with E-state index < -0.39 is 0 Å².